The summed E-state index contributed by atoms with van der Waals surface area (Å²) in [5.41, 5.74) is 1.92. The van der Waals surface area contributed by atoms with Crippen LogP contribution in [0.5, 0.6) is 17.4 Å². The van der Waals surface area contributed by atoms with Gasteiger partial charge >= 0.3 is 5.97 Å². The largest absolute Gasteiger partial charge is 0.497 e. The Morgan fingerprint density at radius 1 is 0.923 bits per heavy atom. The van der Waals surface area contributed by atoms with E-state index in [1.54, 1.807) is 44.6 Å². The van der Waals surface area contributed by atoms with E-state index >= 15 is 0 Å². The van der Waals surface area contributed by atoms with Crippen molar-refractivity contribution in [1.82, 2.24) is 10.2 Å². The lowest BCUT2D eigenvalue weighted by molar-refractivity contribution is 0.0725. The number of esters is 1. The third-order valence-electron chi connectivity index (χ3n) is 3.61. The normalized spacial score (nSPS) is 10.3. The first-order chi connectivity index (χ1) is 12.6. The number of methoxy groups -OCH3 is 2. The van der Waals surface area contributed by atoms with Crippen LogP contribution in [0.25, 0.3) is 11.3 Å². The van der Waals surface area contributed by atoms with Crippen molar-refractivity contribution < 1.29 is 19.0 Å². The summed E-state index contributed by atoms with van der Waals surface area (Å²) in [6, 6.07) is 15.7. The van der Waals surface area contributed by atoms with Crippen LogP contribution in [-0.4, -0.2) is 30.4 Å². The molecule has 0 aliphatic heterocycles. The minimum absolute atomic E-state index is 0.124. The van der Waals surface area contributed by atoms with E-state index in [-0.39, 0.29) is 5.88 Å². The third-order valence-corrected chi connectivity index (χ3v) is 4.23. The molecule has 0 unspecified atom stereocenters. The van der Waals surface area contributed by atoms with E-state index in [4.69, 9.17) is 14.2 Å². The number of hydrogen-bond donors (Lipinski definition) is 0. The standard InChI is InChI=1S/C19H15BrN2O4/c1-24-14-6-3-12(4-7-14)16-8-10-18(22-21-16)26-19(23)13-5-9-17(25-2)15(20)11-13/h3-11H,1-2H3. The van der Waals surface area contributed by atoms with Crippen LogP contribution >= 0.6 is 15.9 Å². The van der Waals surface area contributed by atoms with Crippen molar-refractivity contribution in [3.05, 3.63) is 64.6 Å². The Morgan fingerprint density at radius 2 is 1.69 bits per heavy atom. The monoisotopic (exact) mass is 414 g/mol. The minimum atomic E-state index is -0.528. The van der Waals surface area contributed by atoms with Crippen LogP contribution in [-0.2, 0) is 0 Å². The summed E-state index contributed by atoms with van der Waals surface area (Å²) in [7, 11) is 3.16. The number of nitrogens with zero attached hydrogens (tertiary/aromatic N) is 2. The summed E-state index contributed by atoms with van der Waals surface area (Å²) in [6.07, 6.45) is 0. The molecule has 1 aromatic heterocycles. The number of rotatable bonds is 5. The average molecular weight is 415 g/mol. The van der Waals surface area contributed by atoms with Crippen LogP contribution in [0.3, 0.4) is 0 Å². The molecule has 26 heavy (non-hydrogen) atoms. The topological polar surface area (TPSA) is 70.5 Å². The Labute approximate surface area is 158 Å². The highest BCUT2D eigenvalue weighted by molar-refractivity contribution is 9.10. The number of hydrogen-bond acceptors (Lipinski definition) is 6. The fourth-order valence-electron chi connectivity index (χ4n) is 2.24. The van der Waals surface area contributed by atoms with E-state index in [0.717, 1.165) is 11.3 Å². The first-order valence-electron chi connectivity index (χ1n) is 7.64. The molecule has 0 saturated heterocycles. The Balaban J connectivity index is 1.72. The number of carbonyl (C=O) groups excluding carboxylic acids is 1. The van der Waals surface area contributed by atoms with Crippen LogP contribution in [0.4, 0.5) is 0 Å². The van der Waals surface area contributed by atoms with Gasteiger partial charge in [-0.05, 0) is 64.5 Å². The third kappa shape index (κ3) is 4.00. The second-order valence-corrected chi connectivity index (χ2v) is 6.08. The van der Waals surface area contributed by atoms with Gasteiger partial charge in [0.2, 0.25) is 5.88 Å². The van der Waals surface area contributed by atoms with Crippen LogP contribution in [0.15, 0.2) is 59.1 Å². The van der Waals surface area contributed by atoms with Gasteiger partial charge in [0.05, 0.1) is 29.9 Å². The summed E-state index contributed by atoms with van der Waals surface area (Å²) in [4.78, 5) is 12.2. The van der Waals surface area contributed by atoms with Gasteiger partial charge in [0.1, 0.15) is 11.5 Å². The predicted octanol–water partition coefficient (Wildman–Crippen LogP) is 4.14. The summed E-state index contributed by atoms with van der Waals surface area (Å²) < 4.78 is 16.2. The molecule has 0 fully saturated rings. The maximum absolute atomic E-state index is 12.2. The van der Waals surface area contributed by atoms with Gasteiger partial charge in [-0.2, -0.15) is 0 Å². The highest BCUT2D eigenvalue weighted by Gasteiger charge is 2.12. The van der Waals surface area contributed by atoms with Crippen LogP contribution in [0, 0.1) is 0 Å². The molecule has 0 aliphatic rings. The molecule has 0 saturated carbocycles. The molecule has 0 atom stereocenters. The summed E-state index contributed by atoms with van der Waals surface area (Å²) in [5, 5.41) is 8.06. The van der Waals surface area contributed by atoms with Crippen molar-refractivity contribution in [3.63, 3.8) is 0 Å². The average Bonchev–Trinajstić information content (AvgIpc) is 2.68. The fourth-order valence-corrected chi connectivity index (χ4v) is 2.78. The zero-order chi connectivity index (χ0) is 18.5. The van der Waals surface area contributed by atoms with E-state index in [1.807, 2.05) is 24.3 Å². The molecule has 1 heterocycles. The van der Waals surface area contributed by atoms with Gasteiger partial charge in [0.15, 0.2) is 0 Å². The Bertz CT molecular complexity index is 912. The zero-order valence-electron chi connectivity index (χ0n) is 14.1. The smallest absolute Gasteiger partial charge is 0.344 e. The molecule has 132 valence electrons. The van der Waals surface area contributed by atoms with Crippen LogP contribution in [0.1, 0.15) is 10.4 Å². The van der Waals surface area contributed by atoms with Gasteiger partial charge in [-0.3, -0.25) is 0 Å². The number of benzene rings is 2. The van der Waals surface area contributed by atoms with Crippen molar-refractivity contribution in [2.45, 2.75) is 0 Å². The van der Waals surface area contributed by atoms with E-state index in [1.165, 1.54) is 0 Å². The maximum Gasteiger partial charge on any atom is 0.344 e. The molecule has 2 aromatic carbocycles. The summed E-state index contributed by atoms with van der Waals surface area (Å²) in [6.45, 7) is 0. The molecule has 7 heteroatoms. The molecule has 0 amide bonds. The number of aromatic nitrogens is 2. The first-order valence-corrected chi connectivity index (χ1v) is 8.44. The molecule has 0 aliphatic carbocycles. The Kier molecular flexibility index (Phi) is 5.48. The van der Waals surface area contributed by atoms with Crippen molar-refractivity contribution in [1.29, 1.82) is 0 Å². The van der Waals surface area contributed by atoms with Gasteiger partial charge < -0.3 is 14.2 Å². The molecule has 0 N–H and O–H groups in total. The molecular formula is C19H15BrN2O4. The molecular weight excluding hydrogens is 400 g/mol. The number of ether oxygens (including phenoxy) is 3. The highest BCUT2D eigenvalue weighted by atomic mass is 79.9. The van der Waals surface area contributed by atoms with Gasteiger partial charge in [-0.25, -0.2) is 4.79 Å². The van der Waals surface area contributed by atoms with Crippen LogP contribution in [0.2, 0.25) is 0 Å². The lowest BCUT2D eigenvalue weighted by Crippen LogP contribution is -2.10. The molecule has 3 aromatic rings. The molecule has 0 radical (unpaired) electrons. The van der Waals surface area contributed by atoms with Gasteiger partial charge in [0, 0.05) is 11.6 Å². The lowest BCUT2D eigenvalue weighted by Gasteiger charge is -2.07. The summed E-state index contributed by atoms with van der Waals surface area (Å²) >= 11 is 3.34. The number of carbonyl (C=O) groups is 1. The molecule has 3 rings (SSSR count). The van der Waals surface area contributed by atoms with Gasteiger partial charge in [-0.1, -0.05) is 0 Å². The molecule has 0 spiro atoms. The van der Waals surface area contributed by atoms with E-state index < -0.39 is 5.97 Å². The van der Waals surface area contributed by atoms with E-state index in [9.17, 15) is 4.79 Å². The zero-order valence-corrected chi connectivity index (χ0v) is 15.7. The highest BCUT2D eigenvalue weighted by Crippen LogP contribution is 2.26. The fraction of sp³-hybridized carbons (Fsp3) is 0.105. The molecule has 6 nitrogen and oxygen atoms in total. The van der Waals surface area contributed by atoms with Crippen LogP contribution < -0.4 is 14.2 Å². The molecule has 0 bridgehead atoms. The van der Waals surface area contributed by atoms with Crippen molar-refractivity contribution in [3.8, 4) is 28.6 Å². The van der Waals surface area contributed by atoms with Crippen molar-refractivity contribution in [2.24, 2.45) is 0 Å². The quantitative estimate of drug-likeness (QED) is 0.584. The summed E-state index contributed by atoms with van der Waals surface area (Å²) in [5.74, 6) is 0.988. The Morgan fingerprint density at radius 3 is 2.27 bits per heavy atom. The number of halogens is 1. The van der Waals surface area contributed by atoms with Gasteiger partial charge in [0.25, 0.3) is 0 Å². The minimum Gasteiger partial charge on any atom is -0.497 e. The lowest BCUT2D eigenvalue weighted by atomic mass is 10.1. The maximum atomic E-state index is 12.2. The van der Waals surface area contributed by atoms with Crippen molar-refractivity contribution in [2.75, 3.05) is 14.2 Å². The second-order valence-electron chi connectivity index (χ2n) is 5.22. The van der Waals surface area contributed by atoms with Gasteiger partial charge in [-0.15, -0.1) is 10.2 Å². The predicted molar refractivity (Wildman–Crippen MR) is 99.7 cm³/mol. The first kappa shape index (κ1) is 17.9. The SMILES string of the molecule is COc1ccc(-c2ccc(OC(=O)c3ccc(OC)c(Br)c3)nn2)cc1. The Hall–Kier alpha value is -2.93. The second kappa shape index (κ2) is 7.97. The van der Waals surface area contributed by atoms with E-state index in [0.29, 0.717) is 21.5 Å². The van der Waals surface area contributed by atoms with Crippen molar-refractivity contribution >= 4 is 21.9 Å². The van der Waals surface area contributed by atoms with E-state index in [2.05, 4.69) is 26.1 Å².